The highest BCUT2D eigenvalue weighted by Crippen LogP contribution is 2.70. The van der Waals surface area contributed by atoms with Gasteiger partial charge in [0, 0.05) is 5.92 Å². The molecule has 4 unspecified atom stereocenters. The Labute approximate surface area is 123 Å². The smallest absolute Gasteiger partial charge is 0.339 e. The summed E-state index contributed by atoms with van der Waals surface area (Å²) >= 11 is 0. The Bertz CT molecular complexity index is 619. The Hall–Kier alpha value is -1.84. The van der Waals surface area contributed by atoms with Crippen molar-refractivity contribution in [2.45, 2.75) is 38.2 Å². The minimum Gasteiger partial charge on any atom is -0.478 e. The second kappa shape index (κ2) is 4.33. The van der Waals surface area contributed by atoms with Gasteiger partial charge in [-0.2, -0.15) is 0 Å². The zero-order chi connectivity index (χ0) is 14.6. The van der Waals surface area contributed by atoms with E-state index >= 15 is 0 Å². The van der Waals surface area contributed by atoms with E-state index in [0.717, 1.165) is 18.8 Å². The van der Waals surface area contributed by atoms with Gasteiger partial charge in [-0.15, -0.1) is 0 Å². The predicted octanol–water partition coefficient (Wildman–Crippen LogP) is 3.12. The maximum atomic E-state index is 12.3. The molecule has 0 amide bonds. The van der Waals surface area contributed by atoms with Crippen molar-refractivity contribution in [3.8, 4) is 0 Å². The number of esters is 1. The summed E-state index contributed by atoms with van der Waals surface area (Å²) in [4.78, 5) is 23.5. The molecule has 0 heterocycles. The van der Waals surface area contributed by atoms with Gasteiger partial charge in [0.25, 0.3) is 0 Å². The van der Waals surface area contributed by atoms with Gasteiger partial charge in [0.2, 0.25) is 0 Å². The average Bonchev–Trinajstić information content (AvgIpc) is 2.54. The zero-order valence-corrected chi connectivity index (χ0v) is 11.7. The number of carboxylic acid groups (broad SMARTS) is 1. The molecule has 0 aromatic heterocycles. The molecule has 3 fully saturated rings. The Balaban J connectivity index is 1.53. The second-order valence-corrected chi connectivity index (χ2v) is 6.64. The van der Waals surface area contributed by atoms with Gasteiger partial charge in [-0.25, -0.2) is 9.59 Å². The van der Waals surface area contributed by atoms with Gasteiger partial charge in [-0.05, 0) is 55.6 Å². The topological polar surface area (TPSA) is 63.6 Å². The van der Waals surface area contributed by atoms with Crippen molar-refractivity contribution in [2.24, 2.45) is 17.3 Å². The van der Waals surface area contributed by atoms with E-state index in [2.05, 4.69) is 0 Å². The number of carbonyl (C=O) groups excluding carboxylic acids is 1. The summed E-state index contributed by atoms with van der Waals surface area (Å²) in [6, 6.07) is 6.27. The molecule has 3 saturated carbocycles. The number of ether oxygens (including phenoxy) is 1. The first kappa shape index (κ1) is 12.9. The number of hydrogen-bond donors (Lipinski definition) is 1. The maximum absolute atomic E-state index is 12.3. The summed E-state index contributed by atoms with van der Waals surface area (Å²) in [7, 11) is 0. The van der Waals surface area contributed by atoms with Crippen molar-refractivity contribution < 1.29 is 19.4 Å². The van der Waals surface area contributed by atoms with Gasteiger partial charge in [0.1, 0.15) is 6.10 Å². The number of carbonyl (C=O) groups is 2. The molecular formula is C17H18O4. The summed E-state index contributed by atoms with van der Waals surface area (Å²) in [5.41, 5.74) is 0.654. The van der Waals surface area contributed by atoms with Crippen LogP contribution in [0.1, 0.15) is 52.8 Å². The lowest BCUT2D eigenvalue weighted by Crippen LogP contribution is -2.49. The molecule has 0 aliphatic heterocycles. The van der Waals surface area contributed by atoms with Crippen molar-refractivity contribution in [1.29, 1.82) is 0 Å². The largest absolute Gasteiger partial charge is 0.478 e. The summed E-state index contributed by atoms with van der Waals surface area (Å²) in [6.45, 7) is 0. The van der Waals surface area contributed by atoms with Crippen LogP contribution in [0.15, 0.2) is 24.3 Å². The minimum absolute atomic E-state index is 0.0133. The monoisotopic (exact) mass is 286 g/mol. The van der Waals surface area contributed by atoms with Crippen molar-refractivity contribution in [2.75, 3.05) is 0 Å². The maximum Gasteiger partial charge on any atom is 0.339 e. The first-order chi connectivity index (χ1) is 10.1. The molecule has 1 spiro atoms. The lowest BCUT2D eigenvalue weighted by atomic mass is 9.48. The van der Waals surface area contributed by atoms with E-state index in [0.29, 0.717) is 11.3 Å². The molecular weight excluding hydrogens is 268 g/mol. The van der Waals surface area contributed by atoms with E-state index in [1.807, 2.05) is 0 Å². The van der Waals surface area contributed by atoms with E-state index in [4.69, 9.17) is 9.84 Å². The van der Waals surface area contributed by atoms with Crippen LogP contribution in [0.5, 0.6) is 0 Å². The van der Waals surface area contributed by atoms with E-state index in [9.17, 15) is 9.59 Å². The van der Waals surface area contributed by atoms with Crippen LogP contribution in [0.4, 0.5) is 0 Å². The first-order valence-electron chi connectivity index (χ1n) is 7.65. The van der Waals surface area contributed by atoms with Crippen LogP contribution in [0.2, 0.25) is 0 Å². The highest BCUT2D eigenvalue weighted by Gasteiger charge is 2.65. The summed E-state index contributed by atoms with van der Waals surface area (Å²) < 4.78 is 5.70. The molecule has 21 heavy (non-hydrogen) atoms. The number of carboxylic acids is 1. The van der Waals surface area contributed by atoms with Crippen LogP contribution >= 0.6 is 0 Å². The average molecular weight is 286 g/mol. The Morgan fingerprint density at radius 3 is 2.38 bits per heavy atom. The van der Waals surface area contributed by atoms with Crippen LogP contribution in [0.3, 0.4) is 0 Å². The lowest BCUT2D eigenvalue weighted by molar-refractivity contribution is -0.0874. The number of aromatic carboxylic acids is 1. The lowest BCUT2D eigenvalue weighted by Gasteiger charge is -2.56. The quantitative estimate of drug-likeness (QED) is 0.867. The van der Waals surface area contributed by atoms with Gasteiger partial charge in [0.15, 0.2) is 0 Å². The molecule has 1 N–H and O–H groups in total. The predicted molar refractivity (Wildman–Crippen MR) is 75.1 cm³/mol. The third-order valence-electron chi connectivity index (χ3n) is 6.03. The first-order valence-corrected chi connectivity index (χ1v) is 7.65. The van der Waals surface area contributed by atoms with Crippen LogP contribution in [-0.2, 0) is 4.74 Å². The van der Waals surface area contributed by atoms with Crippen molar-refractivity contribution in [1.82, 2.24) is 0 Å². The third kappa shape index (κ3) is 1.68. The second-order valence-electron chi connectivity index (χ2n) is 6.64. The van der Waals surface area contributed by atoms with Crippen molar-refractivity contribution in [3.05, 3.63) is 35.4 Å². The Morgan fingerprint density at radius 2 is 1.86 bits per heavy atom. The molecule has 3 aliphatic rings. The number of hydrogen-bond acceptors (Lipinski definition) is 3. The van der Waals surface area contributed by atoms with Crippen LogP contribution in [0, 0.1) is 17.3 Å². The molecule has 4 atom stereocenters. The molecule has 1 aromatic carbocycles. The highest BCUT2D eigenvalue weighted by atomic mass is 16.5. The zero-order valence-electron chi connectivity index (χ0n) is 11.7. The highest BCUT2D eigenvalue weighted by molar-refractivity contribution is 6.02. The fourth-order valence-electron chi connectivity index (χ4n) is 4.75. The van der Waals surface area contributed by atoms with Crippen molar-refractivity contribution >= 4 is 11.9 Å². The summed E-state index contributed by atoms with van der Waals surface area (Å²) in [5, 5.41) is 9.17. The van der Waals surface area contributed by atoms with Crippen LogP contribution in [-0.4, -0.2) is 23.1 Å². The number of rotatable bonds is 3. The van der Waals surface area contributed by atoms with E-state index < -0.39 is 11.9 Å². The van der Waals surface area contributed by atoms with Gasteiger partial charge in [0.05, 0.1) is 11.1 Å². The van der Waals surface area contributed by atoms with Crippen LogP contribution < -0.4 is 0 Å². The SMILES string of the molecule is O=C(O)c1ccccc1C(=O)OC1CC2CCC23CCC13. The normalized spacial score (nSPS) is 35.9. The van der Waals surface area contributed by atoms with E-state index in [1.165, 1.54) is 31.4 Å². The molecule has 4 rings (SSSR count). The standard InChI is InChI=1S/C17H18O4/c18-15(19)11-3-1-2-4-12(11)16(20)21-14-9-10-5-7-17(10)8-6-13(14)17/h1-4,10,13-14H,5-9H2,(H,18,19). The molecule has 0 bridgehead atoms. The molecule has 110 valence electrons. The third-order valence-corrected chi connectivity index (χ3v) is 6.03. The van der Waals surface area contributed by atoms with Gasteiger partial charge in [-0.3, -0.25) is 0 Å². The summed E-state index contributed by atoms with van der Waals surface area (Å²) in [5.74, 6) is -0.337. The van der Waals surface area contributed by atoms with Gasteiger partial charge >= 0.3 is 11.9 Å². The molecule has 4 nitrogen and oxygen atoms in total. The molecule has 3 aliphatic carbocycles. The number of benzene rings is 1. The fourth-order valence-corrected chi connectivity index (χ4v) is 4.75. The molecule has 0 radical (unpaired) electrons. The van der Waals surface area contributed by atoms with Crippen molar-refractivity contribution in [3.63, 3.8) is 0 Å². The van der Waals surface area contributed by atoms with Crippen LogP contribution in [0.25, 0.3) is 0 Å². The Morgan fingerprint density at radius 1 is 1.14 bits per heavy atom. The minimum atomic E-state index is -1.09. The van der Waals surface area contributed by atoms with E-state index in [-0.39, 0.29) is 17.2 Å². The molecule has 0 saturated heterocycles. The summed E-state index contributed by atoms with van der Waals surface area (Å²) in [6.07, 6.45) is 5.92. The van der Waals surface area contributed by atoms with Gasteiger partial charge in [-0.1, -0.05) is 12.1 Å². The molecule has 4 heteroatoms. The molecule has 1 aromatic rings. The fraction of sp³-hybridized carbons (Fsp3) is 0.529. The van der Waals surface area contributed by atoms with Gasteiger partial charge < -0.3 is 9.84 Å². The Kier molecular flexibility index (Phi) is 2.65. The van der Waals surface area contributed by atoms with E-state index in [1.54, 1.807) is 12.1 Å².